The summed E-state index contributed by atoms with van der Waals surface area (Å²) < 4.78 is 2.16. The molecule has 0 atom stereocenters. The number of aliphatic hydroxyl groups is 1. The van der Waals surface area contributed by atoms with Gasteiger partial charge in [-0.2, -0.15) is 0 Å². The van der Waals surface area contributed by atoms with Crippen LogP contribution in [0.3, 0.4) is 0 Å². The largest absolute Gasteiger partial charge is 0.396 e. The number of aryl methyl sites for hydroxylation is 1. The lowest BCUT2D eigenvalue weighted by Crippen LogP contribution is -2.39. The summed E-state index contributed by atoms with van der Waals surface area (Å²) in [5.41, 5.74) is 1.30. The molecule has 0 radical (unpaired) electrons. The third-order valence-corrected chi connectivity index (χ3v) is 2.68. The highest BCUT2D eigenvalue weighted by Crippen LogP contribution is 2.09. The van der Waals surface area contributed by atoms with Gasteiger partial charge in [-0.1, -0.05) is 0 Å². The molecule has 3 nitrogen and oxygen atoms in total. The molecule has 0 saturated heterocycles. The van der Waals surface area contributed by atoms with E-state index in [0.29, 0.717) is 0 Å². The number of nitrogens with one attached hydrogen (secondary N) is 1. The molecule has 0 aromatic carbocycles. The lowest BCUT2D eigenvalue weighted by atomic mass is 10.0. The minimum atomic E-state index is 0.00304. The Balaban J connectivity index is 2.42. The molecule has 2 N–H and O–H groups in total. The molecule has 86 valence electrons. The van der Waals surface area contributed by atoms with E-state index in [0.717, 1.165) is 19.5 Å². The molecule has 0 aliphatic carbocycles. The van der Waals surface area contributed by atoms with Crippen molar-refractivity contribution in [3.63, 3.8) is 0 Å². The highest BCUT2D eigenvalue weighted by Gasteiger charge is 2.15. The lowest BCUT2D eigenvalue weighted by molar-refractivity contribution is 0.230. The third kappa shape index (κ3) is 4.06. The number of aliphatic hydroxyl groups excluding tert-OH is 1. The Morgan fingerprint density at radius 1 is 1.47 bits per heavy atom. The predicted octanol–water partition coefficient (Wildman–Crippen LogP) is 1.76. The molecule has 0 fully saturated rings. The van der Waals surface area contributed by atoms with E-state index in [4.69, 9.17) is 5.11 Å². The summed E-state index contributed by atoms with van der Waals surface area (Å²) in [7, 11) is 0. The van der Waals surface area contributed by atoms with Crippen molar-refractivity contribution in [1.82, 2.24) is 9.88 Å². The molecule has 1 rings (SSSR count). The molecule has 0 aliphatic rings. The van der Waals surface area contributed by atoms with Gasteiger partial charge in [0.25, 0.3) is 0 Å². The smallest absolute Gasteiger partial charge is 0.0448 e. The van der Waals surface area contributed by atoms with Crippen LogP contribution in [0.25, 0.3) is 0 Å². The van der Waals surface area contributed by atoms with Gasteiger partial charge in [0.1, 0.15) is 0 Å². The second kappa shape index (κ2) is 5.33. The Kier molecular flexibility index (Phi) is 4.36. The molecular formula is C12H22N2O. The summed E-state index contributed by atoms with van der Waals surface area (Å²) >= 11 is 0. The molecule has 0 bridgehead atoms. The van der Waals surface area contributed by atoms with Crippen LogP contribution in [0.1, 0.15) is 32.8 Å². The van der Waals surface area contributed by atoms with Gasteiger partial charge in [-0.15, -0.1) is 0 Å². The maximum atomic E-state index is 8.90. The van der Waals surface area contributed by atoms with Crippen LogP contribution in [0.5, 0.6) is 0 Å². The molecule has 3 heteroatoms. The SMILES string of the molecule is CCn1ccc(CNC(C)(C)CCO)c1. The molecule has 0 saturated carbocycles. The predicted molar refractivity (Wildman–Crippen MR) is 62.7 cm³/mol. The van der Waals surface area contributed by atoms with Gasteiger partial charge in [0.05, 0.1) is 0 Å². The molecule has 0 amide bonds. The third-order valence-electron chi connectivity index (χ3n) is 2.68. The first-order chi connectivity index (χ1) is 7.07. The zero-order valence-electron chi connectivity index (χ0n) is 9.95. The van der Waals surface area contributed by atoms with Gasteiger partial charge < -0.3 is 15.0 Å². The molecule has 1 aromatic heterocycles. The molecule has 0 unspecified atom stereocenters. The summed E-state index contributed by atoms with van der Waals surface area (Å²) in [5.74, 6) is 0. The topological polar surface area (TPSA) is 37.2 Å². The summed E-state index contributed by atoms with van der Waals surface area (Å²) in [4.78, 5) is 0. The number of aromatic nitrogens is 1. The van der Waals surface area contributed by atoms with Gasteiger partial charge >= 0.3 is 0 Å². The van der Waals surface area contributed by atoms with E-state index in [9.17, 15) is 0 Å². The van der Waals surface area contributed by atoms with Crippen molar-refractivity contribution in [1.29, 1.82) is 0 Å². The Labute approximate surface area is 92.1 Å². The Morgan fingerprint density at radius 3 is 2.73 bits per heavy atom. The van der Waals surface area contributed by atoms with Crippen molar-refractivity contribution in [3.05, 3.63) is 24.0 Å². The van der Waals surface area contributed by atoms with Crippen molar-refractivity contribution in [2.75, 3.05) is 6.61 Å². The van der Waals surface area contributed by atoms with Crippen molar-refractivity contribution in [2.45, 2.75) is 45.8 Å². The van der Waals surface area contributed by atoms with E-state index in [1.165, 1.54) is 5.56 Å². The van der Waals surface area contributed by atoms with Crippen molar-refractivity contribution in [2.24, 2.45) is 0 Å². The van der Waals surface area contributed by atoms with Crippen LogP contribution in [0.2, 0.25) is 0 Å². The fourth-order valence-corrected chi connectivity index (χ4v) is 1.50. The average Bonchev–Trinajstić information content (AvgIpc) is 2.62. The Bertz CT molecular complexity index is 292. The minimum absolute atomic E-state index is 0.00304. The van der Waals surface area contributed by atoms with E-state index in [1.807, 2.05) is 0 Å². The van der Waals surface area contributed by atoms with Crippen LogP contribution in [0.15, 0.2) is 18.5 Å². The van der Waals surface area contributed by atoms with Crippen molar-refractivity contribution >= 4 is 0 Å². The zero-order chi connectivity index (χ0) is 11.3. The monoisotopic (exact) mass is 210 g/mol. The fourth-order valence-electron chi connectivity index (χ4n) is 1.50. The Morgan fingerprint density at radius 2 is 2.20 bits per heavy atom. The van der Waals surface area contributed by atoms with Crippen LogP contribution in [-0.2, 0) is 13.1 Å². The Hall–Kier alpha value is -0.800. The van der Waals surface area contributed by atoms with Gasteiger partial charge in [0, 0.05) is 37.6 Å². The highest BCUT2D eigenvalue weighted by molar-refractivity contribution is 5.10. The first kappa shape index (κ1) is 12.3. The van der Waals surface area contributed by atoms with E-state index < -0.39 is 0 Å². The van der Waals surface area contributed by atoms with E-state index in [2.05, 4.69) is 49.1 Å². The van der Waals surface area contributed by atoms with Crippen molar-refractivity contribution < 1.29 is 5.11 Å². The highest BCUT2D eigenvalue weighted by atomic mass is 16.3. The summed E-state index contributed by atoms with van der Waals surface area (Å²) in [6.07, 6.45) is 5.03. The minimum Gasteiger partial charge on any atom is -0.396 e. The summed E-state index contributed by atoms with van der Waals surface area (Å²) in [5, 5.41) is 12.3. The summed E-state index contributed by atoms with van der Waals surface area (Å²) in [6, 6.07) is 2.13. The van der Waals surface area contributed by atoms with E-state index in [-0.39, 0.29) is 12.1 Å². The molecule has 15 heavy (non-hydrogen) atoms. The summed E-state index contributed by atoms with van der Waals surface area (Å²) in [6.45, 7) is 8.46. The van der Waals surface area contributed by atoms with Gasteiger partial charge in [0.15, 0.2) is 0 Å². The maximum absolute atomic E-state index is 8.90. The fraction of sp³-hybridized carbons (Fsp3) is 0.667. The maximum Gasteiger partial charge on any atom is 0.0448 e. The quantitative estimate of drug-likeness (QED) is 0.750. The number of hydrogen-bond donors (Lipinski definition) is 2. The van der Waals surface area contributed by atoms with Gasteiger partial charge in [-0.3, -0.25) is 0 Å². The van der Waals surface area contributed by atoms with Crippen LogP contribution < -0.4 is 5.32 Å². The van der Waals surface area contributed by atoms with E-state index in [1.54, 1.807) is 0 Å². The number of nitrogens with zero attached hydrogens (tertiary/aromatic N) is 1. The van der Waals surface area contributed by atoms with Crippen LogP contribution in [0.4, 0.5) is 0 Å². The number of rotatable bonds is 6. The first-order valence-corrected chi connectivity index (χ1v) is 5.58. The zero-order valence-corrected chi connectivity index (χ0v) is 9.95. The van der Waals surface area contributed by atoms with Crippen molar-refractivity contribution in [3.8, 4) is 0 Å². The first-order valence-electron chi connectivity index (χ1n) is 5.58. The van der Waals surface area contributed by atoms with Crippen LogP contribution >= 0.6 is 0 Å². The molecule has 0 spiro atoms. The van der Waals surface area contributed by atoms with E-state index >= 15 is 0 Å². The average molecular weight is 210 g/mol. The van der Waals surface area contributed by atoms with Gasteiger partial charge in [-0.05, 0) is 38.8 Å². The molecule has 0 aliphatic heterocycles. The number of hydrogen-bond acceptors (Lipinski definition) is 2. The van der Waals surface area contributed by atoms with Crippen LogP contribution in [0, 0.1) is 0 Å². The lowest BCUT2D eigenvalue weighted by Gasteiger charge is -2.25. The second-order valence-corrected chi connectivity index (χ2v) is 4.56. The second-order valence-electron chi connectivity index (χ2n) is 4.56. The molecule has 1 heterocycles. The molecule has 1 aromatic rings. The normalized spacial score (nSPS) is 12.0. The standard InChI is InChI=1S/C12H22N2O/c1-4-14-7-5-11(10-14)9-13-12(2,3)6-8-15/h5,7,10,13,15H,4,6,8-9H2,1-3H3. The van der Waals surface area contributed by atoms with Gasteiger partial charge in [0.2, 0.25) is 0 Å². The molecular weight excluding hydrogens is 188 g/mol. The van der Waals surface area contributed by atoms with Gasteiger partial charge in [-0.25, -0.2) is 0 Å². The van der Waals surface area contributed by atoms with Crippen LogP contribution in [-0.4, -0.2) is 21.8 Å².